The summed E-state index contributed by atoms with van der Waals surface area (Å²) in [6.45, 7) is 9.55. The standard InChI is InChI=1S/C24H29N3O2/c1-17(11-12-20-10-7-14-25-19(20)3)13-15-26-24(28)27-22-16-18(2)29-23(22)21-8-5-4-6-9-21/h4-6,8-9,12,16H,1,7,10-11,13-15H2,2-3H3,(H2,26,27,28)/b20-12-. The average Bonchev–Trinajstić information content (AvgIpc) is 3.08. The second-order valence-corrected chi connectivity index (χ2v) is 7.35. The number of furan rings is 1. The van der Waals surface area contributed by atoms with Crippen LogP contribution in [-0.2, 0) is 0 Å². The number of carbonyl (C=O) groups is 1. The maximum atomic E-state index is 12.3. The lowest BCUT2D eigenvalue weighted by Crippen LogP contribution is -2.29. The molecule has 2 heterocycles. The van der Waals surface area contributed by atoms with E-state index >= 15 is 0 Å². The van der Waals surface area contributed by atoms with Crippen LogP contribution < -0.4 is 10.6 Å². The molecule has 0 radical (unpaired) electrons. The maximum Gasteiger partial charge on any atom is 0.319 e. The van der Waals surface area contributed by atoms with Crippen LogP contribution in [0.25, 0.3) is 11.3 Å². The van der Waals surface area contributed by atoms with E-state index in [1.165, 1.54) is 5.57 Å². The molecule has 2 N–H and O–H groups in total. The lowest BCUT2D eigenvalue weighted by molar-refractivity contribution is 0.252. The summed E-state index contributed by atoms with van der Waals surface area (Å²) < 4.78 is 5.77. The van der Waals surface area contributed by atoms with E-state index < -0.39 is 0 Å². The number of aliphatic imine (C=N–C) groups is 1. The molecule has 0 atom stereocenters. The highest BCUT2D eigenvalue weighted by molar-refractivity contribution is 5.98. The van der Waals surface area contributed by atoms with E-state index in [-0.39, 0.29) is 6.03 Å². The van der Waals surface area contributed by atoms with Crippen LogP contribution in [0.5, 0.6) is 0 Å². The number of aryl methyl sites for hydroxylation is 1. The first-order valence-corrected chi connectivity index (χ1v) is 10.1. The molecule has 0 saturated carbocycles. The third-order valence-electron chi connectivity index (χ3n) is 4.96. The first-order valence-electron chi connectivity index (χ1n) is 10.1. The Bertz CT molecular complexity index is 923. The van der Waals surface area contributed by atoms with Crippen molar-refractivity contribution in [2.24, 2.45) is 4.99 Å². The van der Waals surface area contributed by atoms with Gasteiger partial charge in [0.25, 0.3) is 0 Å². The molecular formula is C24H29N3O2. The van der Waals surface area contributed by atoms with Gasteiger partial charge in [-0.2, -0.15) is 0 Å². The van der Waals surface area contributed by atoms with Crippen molar-refractivity contribution < 1.29 is 9.21 Å². The van der Waals surface area contributed by atoms with Crippen molar-refractivity contribution in [1.29, 1.82) is 0 Å². The molecule has 0 spiro atoms. The summed E-state index contributed by atoms with van der Waals surface area (Å²) in [5.74, 6) is 1.42. The largest absolute Gasteiger partial charge is 0.459 e. The molecule has 5 heteroatoms. The summed E-state index contributed by atoms with van der Waals surface area (Å²) >= 11 is 0. The SMILES string of the molecule is C=C(C/C=C1/CCCN=C1C)CCNC(=O)Nc1cc(C)oc1-c1ccccc1. The second-order valence-electron chi connectivity index (χ2n) is 7.35. The fourth-order valence-corrected chi connectivity index (χ4v) is 3.35. The predicted octanol–water partition coefficient (Wildman–Crippen LogP) is 5.89. The molecule has 5 nitrogen and oxygen atoms in total. The first kappa shape index (κ1) is 20.6. The number of allylic oxidation sites excluding steroid dienone is 2. The van der Waals surface area contributed by atoms with E-state index in [4.69, 9.17) is 4.42 Å². The molecule has 1 aromatic carbocycles. The predicted molar refractivity (Wildman–Crippen MR) is 120 cm³/mol. The molecule has 2 amide bonds. The van der Waals surface area contributed by atoms with Gasteiger partial charge in [-0.1, -0.05) is 48.6 Å². The van der Waals surface area contributed by atoms with Gasteiger partial charge < -0.3 is 15.1 Å². The highest BCUT2D eigenvalue weighted by Crippen LogP contribution is 2.31. The Balaban J connectivity index is 1.47. The van der Waals surface area contributed by atoms with E-state index in [2.05, 4.69) is 35.2 Å². The zero-order chi connectivity index (χ0) is 20.6. The third-order valence-corrected chi connectivity index (χ3v) is 4.96. The van der Waals surface area contributed by atoms with Gasteiger partial charge in [-0.05, 0) is 45.1 Å². The Morgan fingerprint density at radius 3 is 2.83 bits per heavy atom. The van der Waals surface area contributed by atoms with Crippen molar-refractivity contribution >= 4 is 17.4 Å². The summed E-state index contributed by atoms with van der Waals surface area (Å²) in [7, 11) is 0. The molecule has 0 unspecified atom stereocenters. The van der Waals surface area contributed by atoms with Gasteiger partial charge in [0.15, 0.2) is 5.76 Å². The van der Waals surface area contributed by atoms with Gasteiger partial charge in [-0.3, -0.25) is 4.99 Å². The van der Waals surface area contributed by atoms with Gasteiger partial charge >= 0.3 is 6.03 Å². The number of nitrogens with one attached hydrogen (secondary N) is 2. The lowest BCUT2D eigenvalue weighted by Gasteiger charge is -2.13. The Kier molecular flexibility index (Phi) is 7.06. The molecule has 152 valence electrons. The number of urea groups is 1. The quantitative estimate of drug-likeness (QED) is 0.578. The van der Waals surface area contributed by atoms with Crippen LogP contribution in [0.3, 0.4) is 0 Å². The Labute approximate surface area is 172 Å². The molecule has 0 fully saturated rings. The third kappa shape index (κ3) is 5.95. The van der Waals surface area contributed by atoms with Crippen LogP contribution in [0.2, 0.25) is 0 Å². The molecule has 0 bridgehead atoms. The van der Waals surface area contributed by atoms with Crippen LogP contribution in [-0.4, -0.2) is 24.8 Å². The fraction of sp³-hybridized carbons (Fsp3) is 0.333. The monoisotopic (exact) mass is 391 g/mol. The van der Waals surface area contributed by atoms with Gasteiger partial charge in [-0.25, -0.2) is 4.79 Å². The van der Waals surface area contributed by atoms with Crippen molar-refractivity contribution in [3.05, 3.63) is 66.0 Å². The second kappa shape index (κ2) is 9.92. The number of carbonyl (C=O) groups excluding carboxylic acids is 1. The van der Waals surface area contributed by atoms with Gasteiger partial charge in [0, 0.05) is 30.4 Å². The molecule has 1 aliphatic rings. The molecule has 2 aromatic rings. The number of hydrogen-bond donors (Lipinski definition) is 2. The average molecular weight is 392 g/mol. The number of nitrogens with zero attached hydrogens (tertiary/aromatic N) is 1. The number of anilines is 1. The van der Waals surface area contributed by atoms with E-state index in [0.29, 0.717) is 18.0 Å². The molecule has 1 aliphatic heterocycles. The maximum absolute atomic E-state index is 12.3. The first-order chi connectivity index (χ1) is 14.0. The Morgan fingerprint density at radius 2 is 2.07 bits per heavy atom. The number of hydrogen-bond acceptors (Lipinski definition) is 3. The van der Waals surface area contributed by atoms with Gasteiger partial charge in [0.05, 0.1) is 5.69 Å². The molecule has 29 heavy (non-hydrogen) atoms. The van der Waals surface area contributed by atoms with Crippen molar-refractivity contribution in [1.82, 2.24) is 5.32 Å². The number of benzene rings is 1. The van der Waals surface area contributed by atoms with Crippen molar-refractivity contribution in [2.75, 3.05) is 18.4 Å². The van der Waals surface area contributed by atoms with Crippen LogP contribution in [0, 0.1) is 6.92 Å². The minimum absolute atomic E-state index is 0.246. The van der Waals surface area contributed by atoms with Crippen LogP contribution in [0.15, 0.2) is 69.6 Å². The molecule has 0 saturated heterocycles. The van der Waals surface area contributed by atoms with Crippen LogP contribution in [0.4, 0.5) is 10.5 Å². The summed E-state index contributed by atoms with van der Waals surface area (Å²) in [6.07, 6.45) is 6.00. The van der Waals surface area contributed by atoms with Gasteiger partial charge in [0.2, 0.25) is 0 Å². The van der Waals surface area contributed by atoms with E-state index in [0.717, 1.165) is 54.8 Å². The Morgan fingerprint density at radius 1 is 1.28 bits per heavy atom. The van der Waals surface area contributed by atoms with Gasteiger partial charge in [0.1, 0.15) is 5.76 Å². The smallest absolute Gasteiger partial charge is 0.319 e. The zero-order valence-electron chi connectivity index (χ0n) is 17.3. The summed E-state index contributed by atoms with van der Waals surface area (Å²) in [6, 6.07) is 11.3. The minimum Gasteiger partial charge on any atom is -0.459 e. The summed E-state index contributed by atoms with van der Waals surface area (Å²) in [5.41, 5.74) is 5.17. The highest BCUT2D eigenvalue weighted by Gasteiger charge is 2.13. The fourth-order valence-electron chi connectivity index (χ4n) is 3.35. The summed E-state index contributed by atoms with van der Waals surface area (Å²) in [4.78, 5) is 16.8. The lowest BCUT2D eigenvalue weighted by atomic mass is 10.00. The van der Waals surface area contributed by atoms with Crippen molar-refractivity contribution in [2.45, 2.75) is 39.5 Å². The van der Waals surface area contributed by atoms with Crippen molar-refractivity contribution in [3.8, 4) is 11.3 Å². The molecule has 0 aliphatic carbocycles. The topological polar surface area (TPSA) is 66.6 Å². The van der Waals surface area contributed by atoms with Gasteiger partial charge in [-0.15, -0.1) is 0 Å². The number of rotatable bonds is 7. The Hall–Kier alpha value is -3.08. The molecular weight excluding hydrogens is 362 g/mol. The zero-order valence-corrected chi connectivity index (χ0v) is 17.3. The molecule has 3 rings (SSSR count). The van der Waals surface area contributed by atoms with Crippen LogP contribution in [0.1, 0.15) is 38.4 Å². The van der Waals surface area contributed by atoms with Crippen LogP contribution >= 0.6 is 0 Å². The van der Waals surface area contributed by atoms with E-state index in [1.807, 2.05) is 43.3 Å². The van der Waals surface area contributed by atoms with E-state index in [1.54, 1.807) is 0 Å². The normalized spacial score (nSPS) is 15.1. The number of amides is 2. The van der Waals surface area contributed by atoms with E-state index in [9.17, 15) is 4.79 Å². The summed E-state index contributed by atoms with van der Waals surface area (Å²) in [5, 5.41) is 5.79. The van der Waals surface area contributed by atoms with Crippen molar-refractivity contribution in [3.63, 3.8) is 0 Å². The molecule has 1 aromatic heterocycles. The highest BCUT2D eigenvalue weighted by atomic mass is 16.3. The minimum atomic E-state index is -0.246.